The predicted molar refractivity (Wildman–Crippen MR) is 79.1 cm³/mol. The number of nitrogens with two attached hydrogens (primary N) is 1. The van der Waals surface area contributed by atoms with Gasteiger partial charge in [-0.25, -0.2) is 9.78 Å². The quantitative estimate of drug-likeness (QED) is 0.805. The van der Waals surface area contributed by atoms with Crippen LogP contribution in [0.25, 0.3) is 0 Å². The van der Waals surface area contributed by atoms with Crippen molar-refractivity contribution in [3.05, 3.63) is 17.8 Å². The smallest absolute Gasteiger partial charge is 0.341 e. The molecular formula is C15H21N3O3. The van der Waals surface area contributed by atoms with Crippen LogP contribution in [0.5, 0.6) is 0 Å². The van der Waals surface area contributed by atoms with Crippen LogP contribution in [-0.2, 0) is 9.47 Å². The lowest BCUT2D eigenvalue weighted by Crippen LogP contribution is -2.32. The Bertz CT molecular complexity index is 531. The van der Waals surface area contributed by atoms with Gasteiger partial charge in [0.05, 0.1) is 30.6 Å². The Morgan fingerprint density at radius 2 is 2.33 bits per heavy atom. The molecule has 0 radical (unpaired) electrons. The van der Waals surface area contributed by atoms with Gasteiger partial charge in [-0.1, -0.05) is 0 Å². The van der Waals surface area contributed by atoms with E-state index in [1.54, 1.807) is 19.2 Å². The number of aromatic nitrogens is 1. The van der Waals surface area contributed by atoms with Crippen LogP contribution in [0.1, 0.15) is 36.5 Å². The molecule has 2 atom stereocenters. The van der Waals surface area contributed by atoms with E-state index in [-0.39, 0.29) is 12.1 Å². The molecular weight excluding hydrogens is 270 g/mol. The molecule has 3 rings (SSSR count). The van der Waals surface area contributed by atoms with E-state index in [2.05, 4.69) is 10.3 Å². The highest BCUT2D eigenvalue weighted by Gasteiger charge is 2.41. The molecule has 0 spiro atoms. The molecule has 6 heteroatoms. The summed E-state index contributed by atoms with van der Waals surface area (Å²) in [5.74, 6) is 0.773. The van der Waals surface area contributed by atoms with Gasteiger partial charge < -0.3 is 20.5 Å². The van der Waals surface area contributed by atoms with Crippen molar-refractivity contribution in [2.45, 2.75) is 38.3 Å². The standard InChI is InChI=1S/C15H21N3O3/c1-2-20-15(19)11-7-10(16)8-17-14(11)18-12-5-6-21-13(12)9-3-4-9/h7-9,12-13H,2-6,16H2,1H3,(H,17,18). The number of hydrogen-bond donors (Lipinski definition) is 2. The van der Waals surface area contributed by atoms with E-state index in [1.807, 2.05) is 0 Å². The van der Waals surface area contributed by atoms with E-state index < -0.39 is 5.97 Å². The SMILES string of the molecule is CCOC(=O)c1cc(N)cnc1NC1CCOC1C1CC1. The number of carbonyl (C=O) groups excluding carboxylic acids is 1. The highest BCUT2D eigenvalue weighted by molar-refractivity contribution is 5.95. The summed E-state index contributed by atoms with van der Waals surface area (Å²) in [7, 11) is 0. The van der Waals surface area contributed by atoms with Crippen molar-refractivity contribution in [1.82, 2.24) is 4.98 Å². The minimum absolute atomic E-state index is 0.196. The van der Waals surface area contributed by atoms with Gasteiger partial charge in [0, 0.05) is 6.61 Å². The number of carbonyl (C=O) groups is 1. The highest BCUT2D eigenvalue weighted by atomic mass is 16.5. The van der Waals surface area contributed by atoms with E-state index in [1.165, 1.54) is 12.8 Å². The van der Waals surface area contributed by atoms with E-state index >= 15 is 0 Å². The van der Waals surface area contributed by atoms with Crippen molar-refractivity contribution >= 4 is 17.5 Å². The summed E-state index contributed by atoms with van der Waals surface area (Å²) in [5, 5.41) is 3.35. The normalized spacial score (nSPS) is 24.8. The van der Waals surface area contributed by atoms with Gasteiger partial charge in [-0.15, -0.1) is 0 Å². The van der Waals surface area contributed by atoms with Crippen LogP contribution in [0.15, 0.2) is 12.3 Å². The van der Waals surface area contributed by atoms with Crippen molar-refractivity contribution in [3.8, 4) is 0 Å². The molecule has 2 fully saturated rings. The lowest BCUT2D eigenvalue weighted by Gasteiger charge is -2.21. The minimum atomic E-state index is -0.401. The first-order chi connectivity index (χ1) is 10.2. The fourth-order valence-corrected chi connectivity index (χ4v) is 2.79. The average Bonchev–Trinajstić information content (AvgIpc) is 3.21. The molecule has 1 saturated carbocycles. The van der Waals surface area contributed by atoms with Gasteiger partial charge in [-0.3, -0.25) is 0 Å². The van der Waals surface area contributed by atoms with E-state index in [0.29, 0.717) is 29.6 Å². The first kappa shape index (κ1) is 14.1. The molecule has 1 aliphatic heterocycles. The number of rotatable bonds is 5. The molecule has 6 nitrogen and oxygen atoms in total. The maximum atomic E-state index is 12.0. The second kappa shape index (κ2) is 5.89. The average molecular weight is 291 g/mol. The summed E-state index contributed by atoms with van der Waals surface area (Å²) in [5.41, 5.74) is 6.57. The number of nitrogens with one attached hydrogen (secondary N) is 1. The molecule has 1 aliphatic carbocycles. The van der Waals surface area contributed by atoms with Gasteiger partial charge in [-0.05, 0) is 38.2 Å². The summed E-state index contributed by atoms with van der Waals surface area (Å²) in [6.07, 6.45) is 5.15. The second-order valence-electron chi connectivity index (χ2n) is 5.60. The van der Waals surface area contributed by atoms with Crippen LogP contribution < -0.4 is 11.1 Å². The summed E-state index contributed by atoms with van der Waals surface area (Å²) in [4.78, 5) is 16.3. The van der Waals surface area contributed by atoms with E-state index in [9.17, 15) is 4.79 Å². The lowest BCUT2D eigenvalue weighted by atomic mass is 10.1. The predicted octanol–water partition coefficient (Wildman–Crippen LogP) is 1.82. The minimum Gasteiger partial charge on any atom is -0.462 e. The van der Waals surface area contributed by atoms with Crippen molar-refractivity contribution in [2.24, 2.45) is 5.92 Å². The van der Waals surface area contributed by atoms with Crippen LogP contribution in [0.3, 0.4) is 0 Å². The summed E-state index contributed by atoms with van der Waals surface area (Å²) in [6.45, 7) is 2.85. The first-order valence-electron chi connectivity index (χ1n) is 7.50. The summed E-state index contributed by atoms with van der Waals surface area (Å²) < 4.78 is 10.9. The van der Waals surface area contributed by atoms with Gasteiger partial charge in [0.2, 0.25) is 0 Å². The number of esters is 1. The first-order valence-corrected chi connectivity index (χ1v) is 7.50. The molecule has 114 valence electrons. The maximum Gasteiger partial charge on any atom is 0.341 e. The largest absolute Gasteiger partial charge is 0.462 e. The second-order valence-corrected chi connectivity index (χ2v) is 5.60. The third-order valence-corrected chi connectivity index (χ3v) is 3.95. The Labute approximate surface area is 124 Å². The van der Waals surface area contributed by atoms with Gasteiger partial charge in [0.15, 0.2) is 0 Å². The zero-order chi connectivity index (χ0) is 14.8. The topological polar surface area (TPSA) is 86.5 Å². The molecule has 0 aromatic carbocycles. The van der Waals surface area contributed by atoms with Crippen LogP contribution in [0.2, 0.25) is 0 Å². The Kier molecular flexibility index (Phi) is 3.96. The number of nitrogen functional groups attached to an aromatic ring is 1. The number of nitrogens with zero attached hydrogens (tertiary/aromatic N) is 1. The van der Waals surface area contributed by atoms with Gasteiger partial charge >= 0.3 is 5.97 Å². The Morgan fingerprint density at radius 1 is 1.52 bits per heavy atom. The van der Waals surface area contributed by atoms with Gasteiger partial charge in [0.25, 0.3) is 0 Å². The van der Waals surface area contributed by atoms with Gasteiger partial charge in [0.1, 0.15) is 11.4 Å². The van der Waals surface area contributed by atoms with E-state index in [0.717, 1.165) is 13.0 Å². The zero-order valence-electron chi connectivity index (χ0n) is 12.2. The Balaban J connectivity index is 1.79. The Hall–Kier alpha value is -1.82. The number of anilines is 2. The van der Waals surface area contributed by atoms with Crippen molar-refractivity contribution < 1.29 is 14.3 Å². The number of ether oxygens (including phenoxy) is 2. The van der Waals surface area contributed by atoms with Crippen LogP contribution in [0.4, 0.5) is 11.5 Å². The number of pyridine rings is 1. The maximum absolute atomic E-state index is 12.0. The fourth-order valence-electron chi connectivity index (χ4n) is 2.79. The van der Waals surface area contributed by atoms with Crippen LogP contribution in [0, 0.1) is 5.92 Å². The molecule has 2 heterocycles. The zero-order valence-corrected chi connectivity index (χ0v) is 12.2. The van der Waals surface area contributed by atoms with E-state index in [4.69, 9.17) is 15.2 Å². The molecule has 3 N–H and O–H groups in total. The molecule has 21 heavy (non-hydrogen) atoms. The highest BCUT2D eigenvalue weighted by Crippen LogP contribution is 2.39. The van der Waals surface area contributed by atoms with Gasteiger partial charge in [-0.2, -0.15) is 0 Å². The molecule has 0 bridgehead atoms. The fraction of sp³-hybridized carbons (Fsp3) is 0.600. The number of hydrogen-bond acceptors (Lipinski definition) is 6. The summed E-state index contributed by atoms with van der Waals surface area (Å²) in [6, 6.07) is 1.80. The molecule has 2 aliphatic rings. The third kappa shape index (κ3) is 3.10. The van der Waals surface area contributed by atoms with Crippen molar-refractivity contribution in [3.63, 3.8) is 0 Å². The molecule has 1 aromatic rings. The third-order valence-electron chi connectivity index (χ3n) is 3.95. The molecule has 1 aromatic heterocycles. The lowest BCUT2D eigenvalue weighted by molar-refractivity contribution is 0.0526. The molecule has 2 unspecified atom stereocenters. The van der Waals surface area contributed by atoms with Crippen molar-refractivity contribution in [2.75, 3.05) is 24.3 Å². The molecule has 1 saturated heterocycles. The summed E-state index contributed by atoms with van der Waals surface area (Å²) >= 11 is 0. The van der Waals surface area contributed by atoms with Crippen LogP contribution >= 0.6 is 0 Å². The monoisotopic (exact) mass is 291 g/mol. The van der Waals surface area contributed by atoms with Crippen molar-refractivity contribution in [1.29, 1.82) is 0 Å². The molecule has 0 amide bonds. The van der Waals surface area contributed by atoms with Crippen LogP contribution in [-0.4, -0.2) is 36.3 Å². The Morgan fingerprint density at radius 3 is 3.05 bits per heavy atom.